The van der Waals surface area contributed by atoms with Gasteiger partial charge in [0.1, 0.15) is 0 Å². The Kier molecular flexibility index (Phi) is 4.68. The molecule has 22 heavy (non-hydrogen) atoms. The molecule has 0 aliphatic carbocycles. The lowest BCUT2D eigenvalue weighted by molar-refractivity contribution is 0.354. The molecule has 0 amide bonds. The SMILES string of the molecule is COc1cc2c(cc1OC)C(Cc1ccccc1)=NCCS2. The van der Waals surface area contributed by atoms with Crippen molar-refractivity contribution in [2.24, 2.45) is 4.99 Å². The molecular formula is C18H19NO2S. The fourth-order valence-corrected chi connectivity index (χ4v) is 3.49. The molecule has 0 aromatic heterocycles. The van der Waals surface area contributed by atoms with Crippen molar-refractivity contribution in [3.05, 3.63) is 53.6 Å². The maximum Gasteiger partial charge on any atom is 0.161 e. The Hall–Kier alpha value is -1.94. The Bertz CT molecular complexity index is 683. The molecule has 1 aliphatic rings. The molecule has 2 aromatic rings. The van der Waals surface area contributed by atoms with Gasteiger partial charge in [-0.15, -0.1) is 11.8 Å². The summed E-state index contributed by atoms with van der Waals surface area (Å²) in [5.41, 5.74) is 3.55. The maximum atomic E-state index is 5.45. The molecule has 0 saturated heterocycles. The average molecular weight is 313 g/mol. The van der Waals surface area contributed by atoms with Gasteiger partial charge in [0.15, 0.2) is 11.5 Å². The molecule has 4 heteroatoms. The predicted octanol–water partition coefficient (Wildman–Crippen LogP) is 3.84. The van der Waals surface area contributed by atoms with Crippen molar-refractivity contribution < 1.29 is 9.47 Å². The van der Waals surface area contributed by atoms with Crippen LogP contribution in [-0.4, -0.2) is 32.2 Å². The lowest BCUT2D eigenvalue weighted by atomic mass is 10.0. The van der Waals surface area contributed by atoms with Crippen LogP contribution >= 0.6 is 11.8 Å². The molecule has 0 N–H and O–H groups in total. The second-order valence-corrected chi connectivity index (χ2v) is 6.18. The highest BCUT2D eigenvalue weighted by atomic mass is 32.2. The van der Waals surface area contributed by atoms with Crippen LogP contribution in [0.15, 0.2) is 52.4 Å². The number of hydrogen-bond acceptors (Lipinski definition) is 4. The highest BCUT2D eigenvalue weighted by molar-refractivity contribution is 7.99. The Balaban J connectivity index is 2.01. The molecule has 0 bridgehead atoms. The molecule has 3 nitrogen and oxygen atoms in total. The van der Waals surface area contributed by atoms with E-state index in [0.29, 0.717) is 0 Å². The summed E-state index contributed by atoms with van der Waals surface area (Å²) < 4.78 is 10.9. The summed E-state index contributed by atoms with van der Waals surface area (Å²) in [5, 5.41) is 0. The van der Waals surface area contributed by atoms with Gasteiger partial charge in [-0.3, -0.25) is 4.99 Å². The third-order valence-corrected chi connectivity index (χ3v) is 4.70. The lowest BCUT2D eigenvalue weighted by Gasteiger charge is -2.14. The number of hydrogen-bond donors (Lipinski definition) is 0. The van der Waals surface area contributed by atoms with Gasteiger partial charge in [-0.2, -0.15) is 0 Å². The van der Waals surface area contributed by atoms with Crippen LogP contribution in [0.25, 0.3) is 0 Å². The van der Waals surface area contributed by atoms with Crippen LogP contribution in [0.2, 0.25) is 0 Å². The summed E-state index contributed by atoms with van der Waals surface area (Å²) in [6, 6.07) is 14.6. The van der Waals surface area contributed by atoms with E-state index in [9.17, 15) is 0 Å². The van der Waals surface area contributed by atoms with E-state index in [1.54, 1.807) is 14.2 Å². The van der Waals surface area contributed by atoms with Gasteiger partial charge in [0.05, 0.1) is 14.2 Å². The quantitative estimate of drug-likeness (QED) is 0.859. The molecule has 1 aliphatic heterocycles. The van der Waals surface area contributed by atoms with E-state index in [1.807, 2.05) is 23.9 Å². The lowest BCUT2D eigenvalue weighted by Crippen LogP contribution is -2.07. The van der Waals surface area contributed by atoms with Crippen molar-refractivity contribution in [3.63, 3.8) is 0 Å². The molecule has 3 rings (SSSR count). The van der Waals surface area contributed by atoms with Crippen molar-refractivity contribution >= 4 is 17.5 Å². The minimum atomic E-state index is 0.754. The van der Waals surface area contributed by atoms with Crippen LogP contribution in [0.4, 0.5) is 0 Å². The first kappa shape index (κ1) is 15.0. The molecule has 114 valence electrons. The minimum Gasteiger partial charge on any atom is -0.493 e. The Labute approximate surface area is 135 Å². The number of ether oxygens (including phenoxy) is 2. The minimum absolute atomic E-state index is 0.754. The second kappa shape index (κ2) is 6.88. The molecule has 0 fully saturated rings. The first-order valence-corrected chi connectivity index (χ1v) is 8.27. The number of benzene rings is 2. The van der Waals surface area contributed by atoms with E-state index in [-0.39, 0.29) is 0 Å². The van der Waals surface area contributed by atoms with Crippen LogP contribution in [0.5, 0.6) is 11.5 Å². The second-order valence-electron chi connectivity index (χ2n) is 5.04. The number of aliphatic imine (C=N–C) groups is 1. The van der Waals surface area contributed by atoms with Crippen molar-refractivity contribution in [1.29, 1.82) is 0 Å². The fraction of sp³-hybridized carbons (Fsp3) is 0.278. The zero-order chi connectivity index (χ0) is 15.4. The maximum absolute atomic E-state index is 5.45. The third kappa shape index (κ3) is 3.12. The molecule has 1 heterocycles. The highest BCUT2D eigenvalue weighted by Crippen LogP contribution is 2.37. The summed E-state index contributed by atoms with van der Waals surface area (Å²) in [6.07, 6.45) is 0.837. The van der Waals surface area contributed by atoms with Crippen LogP contribution in [0.1, 0.15) is 11.1 Å². The number of fused-ring (bicyclic) bond motifs is 1. The smallest absolute Gasteiger partial charge is 0.161 e. The summed E-state index contributed by atoms with van der Waals surface area (Å²) in [7, 11) is 3.34. The van der Waals surface area contributed by atoms with Crippen molar-refractivity contribution in [1.82, 2.24) is 0 Å². The molecule has 0 atom stereocenters. The summed E-state index contributed by atoms with van der Waals surface area (Å²) in [5.74, 6) is 2.51. The predicted molar refractivity (Wildman–Crippen MR) is 91.8 cm³/mol. The third-order valence-electron chi connectivity index (χ3n) is 3.66. The Morgan fingerprint density at radius 2 is 1.77 bits per heavy atom. The highest BCUT2D eigenvalue weighted by Gasteiger charge is 2.18. The average Bonchev–Trinajstić information content (AvgIpc) is 2.76. The van der Waals surface area contributed by atoms with Gasteiger partial charge in [-0.25, -0.2) is 0 Å². The fourth-order valence-electron chi connectivity index (χ4n) is 2.57. The Morgan fingerprint density at radius 3 is 2.50 bits per heavy atom. The first-order chi connectivity index (χ1) is 10.8. The molecule has 0 spiro atoms. The zero-order valence-electron chi connectivity index (χ0n) is 12.8. The van der Waals surface area contributed by atoms with E-state index >= 15 is 0 Å². The van der Waals surface area contributed by atoms with Gasteiger partial charge >= 0.3 is 0 Å². The van der Waals surface area contributed by atoms with Gasteiger partial charge in [-0.05, 0) is 17.7 Å². The van der Waals surface area contributed by atoms with Gasteiger partial charge in [0, 0.05) is 34.9 Å². The first-order valence-electron chi connectivity index (χ1n) is 7.28. The summed E-state index contributed by atoms with van der Waals surface area (Å²) in [4.78, 5) is 6.00. The summed E-state index contributed by atoms with van der Waals surface area (Å²) in [6.45, 7) is 0.839. The number of thioether (sulfide) groups is 1. The molecule has 0 saturated carbocycles. The van der Waals surface area contributed by atoms with Crippen molar-refractivity contribution in [2.45, 2.75) is 11.3 Å². The van der Waals surface area contributed by atoms with E-state index < -0.39 is 0 Å². The topological polar surface area (TPSA) is 30.8 Å². The normalized spacial score (nSPS) is 13.8. The van der Waals surface area contributed by atoms with E-state index in [4.69, 9.17) is 14.5 Å². The zero-order valence-corrected chi connectivity index (χ0v) is 13.7. The van der Waals surface area contributed by atoms with Gasteiger partial charge in [0.2, 0.25) is 0 Å². The standard InChI is InChI=1S/C18H19NO2S/c1-20-16-11-14-15(10-13-6-4-3-5-7-13)19-8-9-22-18(14)12-17(16)21-2/h3-7,11-12H,8-10H2,1-2H3. The molecular weight excluding hydrogens is 294 g/mol. The number of methoxy groups -OCH3 is 2. The van der Waals surface area contributed by atoms with Crippen LogP contribution in [0.3, 0.4) is 0 Å². The van der Waals surface area contributed by atoms with E-state index in [1.165, 1.54) is 10.5 Å². The largest absolute Gasteiger partial charge is 0.493 e. The number of rotatable bonds is 4. The Morgan fingerprint density at radius 1 is 1.05 bits per heavy atom. The van der Waals surface area contributed by atoms with Gasteiger partial charge in [0.25, 0.3) is 0 Å². The van der Waals surface area contributed by atoms with E-state index in [0.717, 1.165) is 41.5 Å². The van der Waals surface area contributed by atoms with Gasteiger partial charge < -0.3 is 9.47 Å². The molecule has 2 aromatic carbocycles. The summed E-state index contributed by atoms with van der Waals surface area (Å²) >= 11 is 1.82. The van der Waals surface area contributed by atoms with Crippen LogP contribution < -0.4 is 9.47 Å². The van der Waals surface area contributed by atoms with Crippen LogP contribution in [0, 0.1) is 0 Å². The van der Waals surface area contributed by atoms with Crippen LogP contribution in [-0.2, 0) is 6.42 Å². The van der Waals surface area contributed by atoms with Crippen molar-refractivity contribution in [2.75, 3.05) is 26.5 Å². The van der Waals surface area contributed by atoms with E-state index in [2.05, 4.69) is 30.3 Å². The number of nitrogens with zero attached hydrogens (tertiary/aromatic N) is 1. The van der Waals surface area contributed by atoms with Gasteiger partial charge in [-0.1, -0.05) is 30.3 Å². The molecule has 0 radical (unpaired) electrons. The monoisotopic (exact) mass is 313 g/mol. The molecule has 0 unspecified atom stereocenters. The van der Waals surface area contributed by atoms with Crippen molar-refractivity contribution in [3.8, 4) is 11.5 Å².